The number of amides is 1. The Bertz CT molecular complexity index is 905. The molecule has 0 aliphatic carbocycles. The first-order valence-corrected chi connectivity index (χ1v) is 11.2. The smallest absolute Gasteiger partial charge is 0.236 e. The molecule has 1 aromatic carbocycles. The zero-order valence-electron chi connectivity index (χ0n) is 15.2. The van der Waals surface area contributed by atoms with Crippen molar-refractivity contribution >= 4 is 50.4 Å². The number of hydrogen-bond donors (Lipinski definition) is 0. The zero-order chi connectivity index (χ0) is 18.8. The Morgan fingerprint density at radius 2 is 2.15 bits per heavy atom. The molecule has 1 fully saturated rings. The molecule has 3 aromatic rings. The van der Waals surface area contributed by atoms with E-state index in [2.05, 4.69) is 23.1 Å². The summed E-state index contributed by atoms with van der Waals surface area (Å²) < 4.78 is 2.02. The summed E-state index contributed by atoms with van der Waals surface area (Å²) in [5.41, 5.74) is 1.07. The number of carbonyl (C=O) groups is 1. The molecule has 1 aliphatic rings. The molecule has 1 aliphatic heterocycles. The lowest BCUT2D eigenvalue weighted by atomic mass is 9.98. The Hall–Kier alpha value is -1.47. The topological polar surface area (TPSA) is 36.4 Å². The maximum absolute atomic E-state index is 12.8. The summed E-state index contributed by atoms with van der Waals surface area (Å²) in [7, 11) is 1.99. The van der Waals surface area contributed by atoms with Gasteiger partial charge in [-0.25, -0.2) is 4.98 Å². The van der Waals surface area contributed by atoms with Gasteiger partial charge >= 0.3 is 0 Å². The highest BCUT2D eigenvalue weighted by Gasteiger charge is 2.27. The van der Waals surface area contributed by atoms with Crippen LogP contribution in [0.15, 0.2) is 36.4 Å². The van der Waals surface area contributed by atoms with Crippen LogP contribution in [0.25, 0.3) is 10.2 Å². The van der Waals surface area contributed by atoms with Crippen LogP contribution in [0, 0.1) is 0 Å². The van der Waals surface area contributed by atoms with Crippen molar-refractivity contribution in [2.24, 2.45) is 0 Å². The average Bonchev–Trinajstić information content (AvgIpc) is 3.27. The number of likely N-dealkylation sites (tertiary alicyclic amines) is 1. The Labute approximate surface area is 172 Å². The number of likely N-dealkylation sites (N-methyl/N-ethyl adjacent to an activating group) is 1. The number of rotatable bonds is 5. The highest BCUT2D eigenvalue weighted by molar-refractivity contribution is 7.18. The third-order valence-electron chi connectivity index (χ3n) is 4.89. The van der Waals surface area contributed by atoms with Crippen molar-refractivity contribution in [2.75, 3.05) is 26.7 Å². The second kappa shape index (κ2) is 8.27. The van der Waals surface area contributed by atoms with Crippen LogP contribution in [-0.2, 0) is 11.3 Å². The fraction of sp³-hybridized carbons (Fsp3) is 0.400. The molecule has 3 heterocycles. The number of thiophene rings is 1. The first kappa shape index (κ1) is 18.9. The predicted molar refractivity (Wildman–Crippen MR) is 114 cm³/mol. The summed E-state index contributed by atoms with van der Waals surface area (Å²) in [5.74, 6) is 0.549. The molecule has 0 bridgehead atoms. The molecule has 1 amide bonds. The number of hydrogen-bond acceptors (Lipinski definition) is 5. The van der Waals surface area contributed by atoms with E-state index >= 15 is 0 Å². The summed E-state index contributed by atoms with van der Waals surface area (Å²) in [6.07, 6.45) is 2.14. The maximum Gasteiger partial charge on any atom is 0.236 e. The van der Waals surface area contributed by atoms with Gasteiger partial charge in [-0.2, -0.15) is 0 Å². The van der Waals surface area contributed by atoms with E-state index in [-0.39, 0.29) is 5.91 Å². The lowest BCUT2D eigenvalue weighted by Gasteiger charge is -2.33. The third kappa shape index (κ3) is 4.51. The lowest BCUT2D eigenvalue weighted by molar-refractivity contribution is -0.133. The van der Waals surface area contributed by atoms with E-state index in [0.717, 1.165) is 47.3 Å². The fourth-order valence-electron chi connectivity index (χ4n) is 3.56. The molecule has 7 heteroatoms. The van der Waals surface area contributed by atoms with Gasteiger partial charge in [0.1, 0.15) is 0 Å². The number of fused-ring (bicyclic) bond motifs is 1. The van der Waals surface area contributed by atoms with Crippen LogP contribution < -0.4 is 0 Å². The van der Waals surface area contributed by atoms with Crippen molar-refractivity contribution in [3.05, 3.63) is 50.6 Å². The van der Waals surface area contributed by atoms with E-state index in [1.54, 1.807) is 22.7 Å². The van der Waals surface area contributed by atoms with Gasteiger partial charge < -0.3 is 4.90 Å². The molecule has 0 N–H and O–H groups in total. The van der Waals surface area contributed by atoms with Crippen molar-refractivity contribution < 1.29 is 4.79 Å². The Morgan fingerprint density at radius 1 is 1.30 bits per heavy atom. The number of carbonyl (C=O) groups excluding carboxylic acids is 1. The van der Waals surface area contributed by atoms with Crippen LogP contribution in [0.3, 0.4) is 0 Å². The van der Waals surface area contributed by atoms with Gasteiger partial charge in [0.05, 0.1) is 26.1 Å². The molecule has 0 radical (unpaired) electrons. The maximum atomic E-state index is 12.8. The first-order valence-electron chi connectivity index (χ1n) is 9.14. The standard InChI is InChI=1S/C20H22ClN3OS2/c1-23(12-15-8-9-18(21)26-15)13-19(25)24-10-4-5-14(11-24)20-22-16-6-2-3-7-17(16)27-20/h2-3,6-9,14H,4-5,10-13H2,1H3/t14-/m0/s1. The van der Waals surface area contributed by atoms with Crippen LogP contribution in [0.1, 0.15) is 28.6 Å². The number of piperidine rings is 1. The molecular formula is C20H22ClN3OS2. The highest BCUT2D eigenvalue weighted by atomic mass is 35.5. The Morgan fingerprint density at radius 3 is 2.93 bits per heavy atom. The van der Waals surface area contributed by atoms with Crippen LogP contribution in [-0.4, -0.2) is 47.4 Å². The summed E-state index contributed by atoms with van der Waals surface area (Å²) in [6, 6.07) is 12.2. The highest BCUT2D eigenvalue weighted by Crippen LogP contribution is 2.33. The van der Waals surface area contributed by atoms with Crippen LogP contribution in [0.4, 0.5) is 0 Å². The number of benzene rings is 1. The van der Waals surface area contributed by atoms with Gasteiger partial charge in [-0.15, -0.1) is 22.7 Å². The minimum atomic E-state index is 0.200. The Kier molecular flexibility index (Phi) is 5.78. The monoisotopic (exact) mass is 419 g/mol. The fourth-order valence-corrected chi connectivity index (χ4v) is 5.82. The molecule has 2 aromatic heterocycles. The van der Waals surface area contributed by atoms with Crippen LogP contribution >= 0.6 is 34.3 Å². The molecule has 4 nitrogen and oxygen atoms in total. The van der Waals surface area contributed by atoms with E-state index in [0.29, 0.717) is 12.5 Å². The summed E-state index contributed by atoms with van der Waals surface area (Å²) in [5, 5.41) is 1.16. The normalized spacial score (nSPS) is 17.7. The van der Waals surface area contributed by atoms with Gasteiger partial charge in [0, 0.05) is 30.4 Å². The number of halogens is 1. The van der Waals surface area contributed by atoms with Crippen molar-refractivity contribution in [1.29, 1.82) is 0 Å². The third-order valence-corrected chi connectivity index (χ3v) is 7.31. The number of para-hydroxylation sites is 1. The molecule has 1 saturated heterocycles. The van der Waals surface area contributed by atoms with Gasteiger partial charge in [-0.05, 0) is 44.2 Å². The minimum absolute atomic E-state index is 0.200. The SMILES string of the molecule is CN(CC(=O)N1CCC[C@H](c2nc3ccccc3s2)C1)Cc1ccc(Cl)s1. The number of aromatic nitrogens is 1. The van der Waals surface area contributed by atoms with Gasteiger partial charge in [0.25, 0.3) is 0 Å². The average molecular weight is 420 g/mol. The summed E-state index contributed by atoms with van der Waals surface area (Å²) in [6.45, 7) is 2.80. The van der Waals surface area contributed by atoms with Gasteiger partial charge in [-0.3, -0.25) is 9.69 Å². The zero-order valence-corrected chi connectivity index (χ0v) is 17.6. The molecule has 27 heavy (non-hydrogen) atoms. The van der Waals surface area contributed by atoms with Crippen molar-refractivity contribution in [3.8, 4) is 0 Å². The van der Waals surface area contributed by atoms with Crippen LogP contribution in [0.5, 0.6) is 0 Å². The van der Waals surface area contributed by atoms with E-state index < -0.39 is 0 Å². The second-order valence-electron chi connectivity index (χ2n) is 7.08. The summed E-state index contributed by atoms with van der Waals surface area (Å²) >= 11 is 9.33. The Balaban J connectivity index is 1.37. The van der Waals surface area contributed by atoms with Crippen molar-refractivity contribution in [1.82, 2.24) is 14.8 Å². The molecule has 1 atom stereocenters. The van der Waals surface area contributed by atoms with Gasteiger partial charge in [-0.1, -0.05) is 23.7 Å². The van der Waals surface area contributed by atoms with Crippen molar-refractivity contribution in [2.45, 2.75) is 25.3 Å². The van der Waals surface area contributed by atoms with Gasteiger partial charge in [0.15, 0.2) is 0 Å². The predicted octanol–water partition coefficient (Wildman–Crippen LogP) is 4.85. The van der Waals surface area contributed by atoms with Gasteiger partial charge in [0.2, 0.25) is 5.91 Å². The minimum Gasteiger partial charge on any atom is -0.341 e. The largest absolute Gasteiger partial charge is 0.341 e. The van der Waals surface area contributed by atoms with E-state index in [9.17, 15) is 4.79 Å². The first-order chi connectivity index (χ1) is 13.1. The van der Waals surface area contributed by atoms with Crippen molar-refractivity contribution in [3.63, 3.8) is 0 Å². The quantitative estimate of drug-likeness (QED) is 0.593. The van der Waals surface area contributed by atoms with E-state index in [1.807, 2.05) is 30.1 Å². The molecule has 142 valence electrons. The number of thiazole rings is 1. The molecule has 4 rings (SSSR count). The summed E-state index contributed by atoms with van der Waals surface area (Å²) in [4.78, 5) is 22.9. The second-order valence-corrected chi connectivity index (χ2v) is 9.94. The molecule has 0 spiro atoms. The van der Waals surface area contributed by atoms with E-state index in [1.165, 1.54) is 9.58 Å². The molecule has 0 saturated carbocycles. The lowest BCUT2D eigenvalue weighted by Crippen LogP contribution is -2.43. The number of nitrogens with zero attached hydrogens (tertiary/aromatic N) is 3. The molecular weight excluding hydrogens is 398 g/mol. The van der Waals surface area contributed by atoms with E-state index in [4.69, 9.17) is 16.6 Å². The van der Waals surface area contributed by atoms with Crippen LogP contribution in [0.2, 0.25) is 4.34 Å². The molecule has 0 unspecified atom stereocenters.